The Hall–Kier alpha value is -0.0500. The molecular formula is C8H9BrF2IN3. The molecule has 0 fully saturated rings. The molecule has 1 aromatic rings. The van der Waals surface area contributed by atoms with Gasteiger partial charge < -0.3 is 4.90 Å². The topological polar surface area (TPSA) is 29.0 Å². The summed E-state index contributed by atoms with van der Waals surface area (Å²) in [5.74, 6) is 0.343. The van der Waals surface area contributed by atoms with Gasteiger partial charge in [0.2, 0.25) is 5.95 Å². The van der Waals surface area contributed by atoms with Crippen LogP contribution in [0.5, 0.6) is 0 Å². The van der Waals surface area contributed by atoms with Crippen molar-refractivity contribution in [2.75, 3.05) is 23.3 Å². The van der Waals surface area contributed by atoms with Crippen molar-refractivity contribution in [3.63, 3.8) is 0 Å². The summed E-state index contributed by atoms with van der Waals surface area (Å²) in [4.78, 5) is 9.46. The Labute approximate surface area is 109 Å². The molecule has 3 nitrogen and oxygen atoms in total. The van der Waals surface area contributed by atoms with Gasteiger partial charge in [0.05, 0.1) is 6.54 Å². The molecule has 0 N–H and O–H groups in total. The minimum atomic E-state index is -2.38. The number of nitrogens with zero attached hydrogens (tertiary/aromatic N) is 3. The van der Waals surface area contributed by atoms with E-state index >= 15 is 0 Å². The lowest BCUT2D eigenvalue weighted by Gasteiger charge is -2.20. The van der Waals surface area contributed by atoms with Crippen LogP contribution in [0.2, 0.25) is 0 Å². The molecule has 0 unspecified atom stereocenters. The van der Waals surface area contributed by atoms with E-state index in [1.807, 2.05) is 0 Å². The van der Waals surface area contributed by atoms with Crippen LogP contribution in [0.25, 0.3) is 0 Å². The van der Waals surface area contributed by atoms with Crippen LogP contribution in [-0.2, 0) is 0 Å². The first-order chi connectivity index (χ1) is 7.13. The number of anilines is 1. The first-order valence-electron chi connectivity index (χ1n) is 4.20. The second kappa shape index (κ2) is 6.51. The van der Waals surface area contributed by atoms with Crippen LogP contribution in [0.1, 0.15) is 0 Å². The van der Waals surface area contributed by atoms with E-state index in [-0.39, 0.29) is 6.54 Å². The molecule has 7 heteroatoms. The molecule has 0 aliphatic rings. The molecule has 84 valence electrons. The van der Waals surface area contributed by atoms with Crippen molar-refractivity contribution in [1.82, 2.24) is 9.97 Å². The molecular weight excluding hydrogens is 383 g/mol. The largest absolute Gasteiger partial charge is 0.334 e. The molecule has 1 rings (SSSR count). The van der Waals surface area contributed by atoms with Gasteiger partial charge in [0, 0.05) is 27.8 Å². The van der Waals surface area contributed by atoms with Gasteiger partial charge >= 0.3 is 0 Å². The molecule has 15 heavy (non-hydrogen) atoms. The molecule has 0 saturated heterocycles. The Bertz CT molecular complexity index is 296. The zero-order valence-corrected chi connectivity index (χ0v) is 11.5. The highest BCUT2D eigenvalue weighted by molar-refractivity contribution is 14.1. The normalized spacial score (nSPS) is 10.7. The number of halogens is 4. The predicted octanol–water partition coefficient (Wildman–Crippen LogP) is 2.55. The molecule has 0 aromatic carbocycles. The monoisotopic (exact) mass is 391 g/mol. The summed E-state index contributed by atoms with van der Waals surface area (Å²) in [7, 11) is 0. The van der Waals surface area contributed by atoms with Crippen molar-refractivity contribution >= 4 is 44.5 Å². The smallest absolute Gasteiger partial charge is 0.255 e. The van der Waals surface area contributed by atoms with Gasteiger partial charge in [-0.05, 0) is 22.6 Å². The fraction of sp³-hybridized carbons (Fsp3) is 0.500. The predicted molar refractivity (Wildman–Crippen MR) is 66.8 cm³/mol. The third-order valence-electron chi connectivity index (χ3n) is 1.60. The van der Waals surface area contributed by atoms with Gasteiger partial charge in [-0.1, -0.05) is 15.9 Å². The summed E-state index contributed by atoms with van der Waals surface area (Å²) < 4.78 is 25.4. The highest BCUT2D eigenvalue weighted by Crippen LogP contribution is 2.10. The quantitative estimate of drug-likeness (QED) is 0.570. The van der Waals surface area contributed by atoms with Gasteiger partial charge in [0.25, 0.3) is 6.43 Å². The summed E-state index contributed by atoms with van der Waals surface area (Å²) >= 11 is 5.27. The van der Waals surface area contributed by atoms with E-state index < -0.39 is 6.43 Å². The summed E-state index contributed by atoms with van der Waals surface area (Å²) in [6.45, 7) is 0.122. The molecule has 0 saturated carbocycles. The fourth-order valence-corrected chi connectivity index (χ4v) is 1.72. The van der Waals surface area contributed by atoms with Gasteiger partial charge in [-0.15, -0.1) is 0 Å². The van der Waals surface area contributed by atoms with E-state index in [0.29, 0.717) is 17.8 Å². The summed E-state index contributed by atoms with van der Waals surface area (Å²) in [5, 5.41) is 0.606. The zero-order valence-electron chi connectivity index (χ0n) is 7.71. The minimum Gasteiger partial charge on any atom is -0.334 e. The van der Waals surface area contributed by atoms with Crippen molar-refractivity contribution in [1.29, 1.82) is 0 Å². The molecule has 0 atom stereocenters. The average Bonchev–Trinajstić information content (AvgIpc) is 2.17. The number of alkyl halides is 3. The second-order valence-electron chi connectivity index (χ2n) is 2.73. The molecule has 0 radical (unpaired) electrons. The fourth-order valence-electron chi connectivity index (χ4n) is 1.01. The average molecular weight is 392 g/mol. The summed E-state index contributed by atoms with van der Waals surface area (Å²) in [6, 6.07) is 0. The number of hydrogen-bond donors (Lipinski definition) is 0. The Balaban J connectivity index is 2.74. The van der Waals surface area contributed by atoms with E-state index in [1.54, 1.807) is 12.4 Å². The number of aromatic nitrogens is 2. The number of hydrogen-bond acceptors (Lipinski definition) is 3. The van der Waals surface area contributed by atoms with Crippen molar-refractivity contribution < 1.29 is 8.78 Å². The van der Waals surface area contributed by atoms with E-state index in [9.17, 15) is 8.78 Å². The highest BCUT2D eigenvalue weighted by Gasteiger charge is 2.14. The third-order valence-corrected chi connectivity index (χ3v) is 2.51. The molecule has 1 aromatic heterocycles. The minimum absolute atomic E-state index is 0.341. The first-order valence-corrected chi connectivity index (χ1v) is 6.40. The third kappa shape index (κ3) is 4.54. The Morgan fingerprint density at radius 3 is 2.47 bits per heavy atom. The summed E-state index contributed by atoms with van der Waals surface area (Å²) in [6.07, 6.45) is 0.831. The second-order valence-corrected chi connectivity index (χ2v) is 4.77. The first kappa shape index (κ1) is 13.0. The van der Waals surface area contributed by atoms with Crippen LogP contribution in [0.4, 0.5) is 14.7 Å². The summed E-state index contributed by atoms with van der Waals surface area (Å²) in [5.41, 5.74) is 0. The lowest BCUT2D eigenvalue weighted by molar-refractivity contribution is 0.155. The number of rotatable bonds is 5. The van der Waals surface area contributed by atoms with Gasteiger partial charge in [0.1, 0.15) is 0 Å². The molecule has 0 amide bonds. The van der Waals surface area contributed by atoms with Crippen molar-refractivity contribution in [3.8, 4) is 0 Å². The maximum Gasteiger partial charge on any atom is 0.255 e. The Morgan fingerprint density at radius 1 is 1.40 bits per heavy atom. The SMILES string of the molecule is FC(F)CN(CCBr)c1ncc(I)cn1. The molecule has 0 bridgehead atoms. The Kier molecular flexibility index (Phi) is 5.65. The van der Waals surface area contributed by atoms with Crippen LogP contribution in [0.15, 0.2) is 12.4 Å². The molecule has 0 aliphatic carbocycles. The highest BCUT2D eigenvalue weighted by atomic mass is 127. The van der Waals surface area contributed by atoms with E-state index in [1.165, 1.54) is 4.90 Å². The van der Waals surface area contributed by atoms with Crippen molar-refractivity contribution in [3.05, 3.63) is 16.0 Å². The Morgan fingerprint density at radius 2 is 2.00 bits per heavy atom. The van der Waals surface area contributed by atoms with E-state index in [4.69, 9.17) is 0 Å². The van der Waals surface area contributed by atoms with Crippen LogP contribution in [0, 0.1) is 3.57 Å². The van der Waals surface area contributed by atoms with Gasteiger partial charge in [0.15, 0.2) is 0 Å². The lowest BCUT2D eigenvalue weighted by Crippen LogP contribution is -2.32. The molecule has 0 aliphatic heterocycles. The van der Waals surface area contributed by atoms with E-state index in [2.05, 4.69) is 48.5 Å². The van der Waals surface area contributed by atoms with Crippen LogP contribution in [-0.4, -0.2) is 34.8 Å². The van der Waals surface area contributed by atoms with Crippen LogP contribution >= 0.6 is 38.5 Å². The molecule has 1 heterocycles. The van der Waals surface area contributed by atoms with Gasteiger partial charge in [-0.3, -0.25) is 0 Å². The standard InChI is InChI=1S/C8H9BrF2IN3/c9-1-2-15(5-7(10)11)8-13-3-6(12)4-14-8/h3-4,7H,1-2,5H2. The van der Waals surface area contributed by atoms with Crippen LogP contribution < -0.4 is 4.90 Å². The zero-order chi connectivity index (χ0) is 11.3. The van der Waals surface area contributed by atoms with Crippen LogP contribution in [0.3, 0.4) is 0 Å². The molecule has 0 spiro atoms. The van der Waals surface area contributed by atoms with Gasteiger partial charge in [-0.2, -0.15) is 0 Å². The van der Waals surface area contributed by atoms with Crippen molar-refractivity contribution in [2.24, 2.45) is 0 Å². The maximum absolute atomic E-state index is 12.3. The lowest BCUT2D eigenvalue weighted by atomic mass is 10.5. The van der Waals surface area contributed by atoms with Crippen molar-refractivity contribution in [2.45, 2.75) is 6.43 Å². The maximum atomic E-state index is 12.3. The van der Waals surface area contributed by atoms with Gasteiger partial charge in [-0.25, -0.2) is 18.7 Å². The van der Waals surface area contributed by atoms with E-state index in [0.717, 1.165) is 3.57 Å².